The molecule has 0 spiro atoms. The maximum Gasteiger partial charge on any atom is 0.407 e. The normalized spacial score (nSPS) is 9.70. The SMILES string of the molecule is CCOC(=O)CNC(=O)OCCOc1ccccc1Cl. The summed E-state index contributed by atoms with van der Waals surface area (Å²) in [4.78, 5) is 22.2. The second kappa shape index (κ2) is 9.03. The summed E-state index contributed by atoms with van der Waals surface area (Å²) in [7, 11) is 0. The van der Waals surface area contributed by atoms with E-state index >= 15 is 0 Å². The number of hydrogen-bond donors (Lipinski definition) is 1. The number of esters is 1. The molecule has 0 radical (unpaired) electrons. The largest absolute Gasteiger partial charge is 0.488 e. The number of hydrogen-bond acceptors (Lipinski definition) is 5. The summed E-state index contributed by atoms with van der Waals surface area (Å²) in [6.45, 7) is 1.93. The van der Waals surface area contributed by atoms with E-state index in [1.807, 2.05) is 0 Å². The van der Waals surface area contributed by atoms with Crippen molar-refractivity contribution >= 4 is 23.7 Å². The van der Waals surface area contributed by atoms with E-state index in [-0.39, 0.29) is 26.4 Å². The second-order valence-electron chi connectivity index (χ2n) is 3.57. The third-order valence-electron chi connectivity index (χ3n) is 2.09. The lowest BCUT2D eigenvalue weighted by molar-refractivity contribution is -0.141. The molecule has 0 bridgehead atoms. The summed E-state index contributed by atoms with van der Waals surface area (Å²) < 4.78 is 14.8. The highest BCUT2D eigenvalue weighted by Crippen LogP contribution is 2.22. The van der Waals surface area contributed by atoms with E-state index in [1.54, 1.807) is 31.2 Å². The van der Waals surface area contributed by atoms with Crippen molar-refractivity contribution in [1.29, 1.82) is 0 Å². The van der Waals surface area contributed by atoms with Crippen molar-refractivity contribution in [3.63, 3.8) is 0 Å². The molecule has 0 aliphatic carbocycles. The molecule has 110 valence electrons. The summed E-state index contributed by atoms with van der Waals surface area (Å²) in [6.07, 6.45) is -0.708. The van der Waals surface area contributed by atoms with Crippen molar-refractivity contribution in [1.82, 2.24) is 5.32 Å². The Morgan fingerprint density at radius 2 is 1.95 bits per heavy atom. The number of nitrogens with one attached hydrogen (secondary N) is 1. The Labute approximate surface area is 122 Å². The standard InChI is InChI=1S/C13H16ClNO5/c1-2-18-12(16)9-15-13(17)20-8-7-19-11-6-4-3-5-10(11)14/h3-6H,2,7-9H2,1H3,(H,15,17). The van der Waals surface area contributed by atoms with Crippen LogP contribution in [0.1, 0.15) is 6.92 Å². The van der Waals surface area contributed by atoms with Crippen LogP contribution in [0.5, 0.6) is 5.75 Å². The first-order valence-corrected chi connectivity index (χ1v) is 6.45. The van der Waals surface area contributed by atoms with Gasteiger partial charge in [0.2, 0.25) is 0 Å². The van der Waals surface area contributed by atoms with Crippen LogP contribution in [0.4, 0.5) is 4.79 Å². The number of amides is 1. The fraction of sp³-hybridized carbons (Fsp3) is 0.385. The van der Waals surface area contributed by atoms with Gasteiger partial charge in [-0.25, -0.2) is 4.79 Å². The molecule has 6 nitrogen and oxygen atoms in total. The zero-order chi connectivity index (χ0) is 14.8. The Kier molecular flexibility index (Phi) is 7.27. The highest BCUT2D eigenvalue weighted by Gasteiger charge is 2.06. The zero-order valence-electron chi connectivity index (χ0n) is 11.1. The molecule has 0 saturated heterocycles. The monoisotopic (exact) mass is 301 g/mol. The molecule has 0 aromatic heterocycles. The molecule has 20 heavy (non-hydrogen) atoms. The van der Waals surface area contributed by atoms with Gasteiger partial charge in [-0.2, -0.15) is 0 Å². The number of alkyl carbamates (subject to hydrolysis) is 1. The molecule has 1 N–H and O–H groups in total. The van der Waals surface area contributed by atoms with Crippen LogP contribution in [0.2, 0.25) is 5.02 Å². The van der Waals surface area contributed by atoms with Crippen molar-refractivity contribution in [3.8, 4) is 5.75 Å². The van der Waals surface area contributed by atoms with Crippen molar-refractivity contribution in [3.05, 3.63) is 29.3 Å². The molecular formula is C13H16ClNO5. The van der Waals surface area contributed by atoms with E-state index < -0.39 is 12.1 Å². The quantitative estimate of drug-likeness (QED) is 0.616. The first-order chi connectivity index (χ1) is 9.63. The third kappa shape index (κ3) is 6.29. The molecule has 1 aromatic rings. The molecular weight excluding hydrogens is 286 g/mol. The number of rotatable bonds is 7. The van der Waals surface area contributed by atoms with Gasteiger partial charge in [-0.15, -0.1) is 0 Å². The average Bonchev–Trinajstić information content (AvgIpc) is 2.43. The minimum absolute atomic E-state index is 0.0415. The lowest BCUT2D eigenvalue weighted by Gasteiger charge is -2.09. The predicted octanol–water partition coefficient (Wildman–Crippen LogP) is 2.01. The number of carbonyl (C=O) groups excluding carboxylic acids is 2. The van der Waals surface area contributed by atoms with E-state index in [0.29, 0.717) is 10.8 Å². The molecule has 1 amide bonds. The number of halogens is 1. The minimum Gasteiger partial charge on any atom is -0.488 e. The summed E-state index contributed by atoms with van der Waals surface area (Å²) in [6, 6.07) is 6.98. The summed E-state index contributed by atoms with van der Waals surface area (Å²) in [5.41, 5.74) is 0. The van der Waals surface area contributed by atoms with Crippen LogP contribution in [0.3, 0.4) is 0 Å². The summed E-state index contributed by atoms with van der Waals surface area (Å²) in [5.74, 6) is 0.00136. The van der Waals surface area contributed by atoms with Crippen LogP contribution in [0, 0.1) is 0 Å². The third-order valence-corrected chi connectivity index (χ3v) is 2.41. The molecule has 0 heterocycles. The first kappa shape index (κ1) is 16.1. The fourth-order valence-corrected chi connectivity index (χ4v) is 1.45. The fourth-order valence-electron chi connectivity index (χ4n) is 1.26. The molecule has 1 rings (SSSR count). The van der Waals surface area contributed by atoms with E-state index in [0.717, 1.165) is 0 Å². The maximum absolute atomic E-state index is 11.2. The molecule has 1 aromatic carbocycles. The number of para-hydroxylation sites is 1. The number of ether oxygens (including phenoxy) is 3. The summed E-state index contributed by atoms with van der Waals surface area (Å²) >= 11 is 5.88. The topological polar surface area (TPSA) is 73.9 Å². The Morgan fingerprint density at radius 3 is 2.65 bits per heavy atom. The Morgan fingerprint density at radius 1 is 1.20 bits per heavy atom. The Hall–Kier alpha value is -1.95. The Bertz CT molecular complexity index is 452. The van der Waals surface area contributed by atoms with Crippen LogP contribution in [-0.2, 0) is 14.3 Å². The van der Waals surface area contributed by atoms with Crippen LogP contribution < -0.4 is 10.1 Å². The van der Waals surface area contributed by atoms with Crippen LogP contribution in [0.25, 0.3) is 0 Å². The second-order valence-corrected chi connectivity index (χ2v) is 3.98. The molecule has 7 heteroatoms. The zero-order valence-corrected chi connectivity index (χ0v) is 11.8. The average molecular weight is 302 g/mol. The molecule has 0 fully saturated rings. The molecule has 0 aliphatic heterocycles. The Balaban J connectivity index is 2.13. The molecule has 0 saturated carbocycles. The van der Waals surface area contributed by atoms with Crippen molar-refractivity contribution < 1.29 is 23.8 Å². The molecule has 0 atom stereocenters. The van der Waals surface area contributed by atoms with E-state index in [2.05, 4.69) is 10.1 Å². The van der Waals surface area contributed by atoms with Gasteiger partial charge >= 0.3 is 12.1 Å². The lowest BCUT2D eigenvalue weighted by atomic mass is 10.3. The van der Waals surface area contributed by atoms with Gasteiger partial charge in [0, 0.05) is 0 Å². The predicted molar refractivity (Wildman–Crippen MR) is 72.9 cm³/mol. The van der Waals surface area contributed by atoms with Gasteiger partial charge in [-0.05, 0) is 19.1 Å². The lowest BCUT2D eigenvalue weighted by Crippen LogP contribution is -2.32. The smallest absolute Gasteiger partial charge is 0.407 e. The van der Waals surface area contributed by atoms with E-state index in [1.165, 1.54) is 0 Å². The van der Waals surface area contributed by atoms with Crippen molar-refractivity contribution in [2.75, 3.05) is 26.4 Å². The number of benzene rings is 1. The minimum atomic E-state index is -0.708. The van der Waals surface area contributed by atoms with Crippen LogP contribution >= 0.6 is 11.6 Å². The van der Waals surface area contributed by atoms with Gasteiger partial charge in [-0.1, -0.05) is 23.7 Å². The van der Waals surface area contributed by atoms with E-state index in [4.69, 9.17) is 21.1 Å². The summed E-state index contributed by atoms with van der Waals surface area (Å²) in [5, 5.41) is 2.75. The van der Waals surface area contributed by atoms with Crippen molar-refractivity contribution in [2.24, 2.45) is 0 Å². The number of carbonyl (C=O) groups is 2. The first-order valence-electron chi connectivity index (χ1n) is 6.07. The van der Waals surface area contributed by atoms with E-state index in [9.17, 15) is 9.59 Å². The highest BCUT2D eigenvalue weighted by molar-refractivity contribution is 6.32. The van der Waals surface area contributed by atoms with Gasteiger partial charge < -0.3 is 19.5 Å². The highest BCUT2D eigenvalue weighted by atomic mass is 35.5. The maximum atomic E-state index is 11.2. The van der Waals surface area contributed by atoms with Gasteiger partial charge in [0.15, 0.2) is 0 Å². The molecule has 0 unspecified atom stereocenters. The van der Waals surface area contributed by atoms with Crippen LogP contribution in [-0.4, -0.2) is 38.4 Å². The molecule has 0 aliphatic rings. The van der Waals surface area contributed by atoms with Gasteiger partial charge in [0.25, 0.3) is 0 Å². The van der Waals surface area contributed by atoms with Crippen LogP contribution in [0.15, 0.2) is 24.3 Å². The van der Waals surface area contributed by atoms with Gasteiger partial charge in [-0.3, -0.25) is 4.79 Å². The van der Waals surface area contributed by atoms with Gasteiger partial charge in [0.05, 0.1) is 11.6 Å². The van der Waals surface area contributed by atoms with Crippen molar-refractivity contribution in [2.45, 2.75) is 6.92 Å². The van der Waals surface area contributed by atoms with Gasteiger partial charge in [0.1, 0.15) is 25.5 Å².